The molecule has 4 rings (SSSR count). The fourth-order valence-electron chi connectivity index (χ4n) is 2.69. The van der Waals surface area contributed by atoms with E-state index < -0.39 is 5.91 Å². The molecule has 2 aromatic carbocycles. The molecule has 8 nitrogen and oxygen atoms in total. The Kier molecular flexibility index (Phi) is 6.18. The Hall–Kier alpha value is -3.75. The third kappa shape index (κ3) is 5.16. The van der Waals surface area contributed by atoms with Crippen LogP contribution in [0, 0.1) is 5.82 Å². The first kappa shape index (κ1) is 20.0. The largest absolute Gasteiger partial charge is 0.491 e. The van der Waals surface area contributed by atoms with Gasteiger partial charge in [0.05, 0.1) is 18.7 Å². The number of benzene rings is 2. The summed E-state index contributed by atoms with van der Waals surface area (Å²) < 4.78 is 18.1. The minimum Gasteiger partial charge on any atom is -0.491 e. The monoisotopic (exact) mass is 397 g/mol. The molecule has 3 N–H and O–H groups in total. The molecule has 1 aliphatic rings. The lowest BCUT2D eigenvalue weighted by molar-refractivity contribution is -0.118. The van der Waals surface area contributed by atoms with E-state index in [1.807, 2.05) is 24.3 Å². The van der Waals surface area contributed by atoms with E-state index in [1.165, 1.54) is 12.1 Å². The van der Waals surface area contributed by atoms with Crippen LogP contribution in [0.5, 0.6) is 5.75 Å². The molecule has 0 aliphatic carbocycles. The van der Waals surface area contributed by atoms with Gasteiger partial charge >= 0.3 is 0 Å². The van der Waals surface area contributed by atoms with Crippen molar-refractivity contribution in [2.45, 2.75) is 12.8 Å². The summed E-state index contributed by atoms with van der Waals surface area (Å²) in [5.74, 6) is 0.388. The third-order valence-electron chi connectivity index (χ3n) is 4.21. The normalized spacial score (nSPS) is 12.9. The summed E-state index contributed by atoms with van der Waals surface area (Å²) in [6, 6.07) is 13.6. The second kappa shape index (κ2) is 8.96. The second-order valence-electron chi connectivity index (χ2n) is 6.29. The highest BCUT2D eigenvalue weighted by atomic mass is 19.1. The molecule has 0 atom stereocenters. The number of aromatic nitrogens is 3. The predicted octanol–water partition coefficient (Wildman–Crippen LogP) is 2.07. The van der Waals surface area contributed by atoms with Gasteiger partial charge in [-0.25, -0.2) is 9.37 Å². The maximum absolute atomic E-state index is 12.6. The number of carbonyl (C=O) groups is 2. The Labute approximate surface area is 166 Å². The number of rotatable bonds is 3. The van der Waals surface area contributed by atoms with Gasteiger partial charge in [-0.05, 0) is 29.8 Å². The number of anilines is 1. The first-order chi connectivity index (χ1) is 13.9. The summed E-state index contributed by atoms with van der Waals surface area (Å²) in [5.41, 5.74) is 6.73. The number of ether oxygens (including phenoxy) is 1. The third-order valence-corrected chi connectivity index (χ3v) is 4.21. The van der Waals surface area contributed by atoms with E-state index in [9.17, 15) is 14.0 Å². The lowest BCUT2D eigenvalue weighted by atomic mass is 10.1. The van der Waals surface area contributed by atoms with Gasteiger partial charge in [-0.3, -0.25) is 14.7 Å². The molecule has 3 aromatic rings. The minimum atomic E-state index is -0.679. The zero-order valence-electron chi connectivity index (χ0n) is 15.8. The van der Waals surface area contributed by atoms with Crippen LogP contribution < -0.4 is 15.4 Å². The number of nitrogens with zero attached hydrogens (tertiary/aromatic N) is 3. The van der Waals surface area contributed by atoms with Gasteiger partial charge in [-0.15, -0.1) is 5.10 Å². The van der Waals surface area contributed by atoms with Gasteiger partial charge in [0, 0.05) is 13.5 Å². The number of para-hydroxylation sites is 2. The highest BCUT2D eigenvalue weighted by Crippen LogP contribution is 2.29. The van der Waals surface area contributed by atoms with Crippen molar-refractivity contribution in [3.8, 4) is 5.75 Å². The first-order valence-corrected chi connectivity index (χ1v) is 8.88. The molecular formula is C20H20FN5O3. The molecular weight excluding hydrogens is 377 g/mol. The van der Waals surface area contributed by atoms with Crippen LogP contribution in [-0.2, 0) is 11.2 Å². The molecule has 29 heavy (non-hydrogen) atoms. The molecule has 2 amide bonds. The Bertz CT molecular complexity index is 1000. The topological polar surface area (TPSA) is 114 Å². The summed E-state index contributed by atoms with van der Waals surface area (Å²) in [5, 5.41) is 6.24. The van der Waals surface area contributed by atoms with E-state index in [1.54, 1.807) is 24.1 Å². The van der Waals surface area contributed by atoms with Crippen molar-refractivity contribution in [3.63, 3.8) is 0 Å². The summed E-state index contributed by atoms with van der Waals surface area (Å²) in [4.78, 5) is 27.7. The smallest absolute Gasteiger partial charge is 0.288 e. The number of H-pyrrole nitrogens is 1. The maximum Gasteiger partial charge on any atom is 0.288 e. The maximum atomic E-state index is 12.6. The molecule has 2 heterocycles. The first-order valence-electron chi connectivity index (χ1n) is 8.88. The number of hydrogen-bond donors (Lipinski definition) is 2. The summed E-state index contributed by atoms with van der Waals surface area (Å²) in [6.45, 7) is 0.472. The summed E-state index contributed by atoms with van der Waals surface area (Å²) >= 11 is 0. The fraction of sp³-hybridized carbons (Fsp3) is 0.200. The molecule has 0 spiro atoms. The number of aromatic amines is 1. The van der Waals surface area contributed by atoms with Crippen molar-refractivity contribution in [2.24, 2.45) is 5.73 Å². The number of fused-ring (bicyclic) bond motifs is 1. The summed E-state index contributed by atoms with van der Waals surface area (Å²) in [6.07, 6.45) is 0.895. The van der Waals surface area contributed by atoms with Gasteiger partial charge in [0.2, 0.25) is 11.7 Å². The van der Waals surface area contributed by atoms with Crippen molar-refractivity contribution >= 4 is 17.5 Å². The van der Waals surface area contributed by atoms with Crippen LogP contribution in [0.2, 0.25) is 0 Å². The van der Waals surface area contributed by atoms with E-state index in [0.29, 0.717) is 25.3 Å². The Morgan fingerprint density at radius 1 is 1.24 bits per heavy atom. The van der Waals surface area contributed by atoms with Crippen molar-refractivity contribution in [3.05, 3.63) is 71.6 Å². The lowest BCUT2D eigenvalue weighted by Gasteiger charge is -2.15. The van der Waals surface area contributed by atoms with E-state index in [4.69, 9.17) is 10.5 Å². The minimum absolute atomic E-state index is 0.0443. The highest BCUT2D eigenvalue weighted by Gasteiger charge is 2.18. The van der Waals surface area contributed by atoms with Gasteiger partial charge < -0.3 is 15.4 Å². The number of nitrogens with one attached hydrogen (secondary N) is 1. The quantitative estimate of drug-likeness (QED) is 0.702. The predicted molar refractivity (Wildman–Crippen MR) is 104 cm³/mol. The Morgan fingerprint density at radius 2 is 1.97 bits per heavy atom. The molecule has 0 radical (unpaired) electrons. The van der Waals surface area contributed by atoms with Crippen LogP contribution in [0.25, 0.3) is 0 Å². The highest BCUT2D eigenvalue weighted by molar-refractivity contribution is 5.95. The molecule has 1 aromatic heterocycles. The van der Waals surface area contributed by atoms with Crippen LogP contribution in [0.3, 0.4) is 0 Å². The second-order valence-corrected chi connectivity index (χ2v) is 6.29. The van der Waals surface area contributed by atoms with Crippen molar-refractivity contribution in [1.82, 2.24) is 15.2 Å². The standard InChI is InChI=1S/C10H9FN4O.C10H11NO2/c11-7-3-1-6(2-4-7)5-8-13-10(9(12)16)15-14-8;1-11-8-4-2-3-5-9(8)13-7-6-10(11)12/h1-4H,5H2,(H2,12,16)(H,13,14,15);2-5H,6-7H2,1H3. The number of hydrogen-bond acceptors (Lipinski definition) is 5. The molecule has 0 bridgehead atoms. The molecule has 0 saturated carbocycles. The van der Waals surface area contributed by atoms with Gasteiger partial charge in [0.1, 0.15) is 17.4 Å². The molecule has 0 unspecified atom stereocenters. The van der Waals surface area contributed by atoms with E-state index >= 15 is 0 Å². The van der Waals surface area contributed by atoms with E-state index in [-0.39, 0.29) is 17.5 Å². The molecule has 0 saturated heterocycles. The van der Waals surface area contributed by atoms with Crippen LogP contribution in [0.4, 0.5) is 10.1 Å². The molecule has 9 heteroatoms. The lowest BCUT2D eigenvalue weighted by Crippen LogP contribution is -2.24. The van der Waals surface area contributed by atoms with Crippen molar-refractivity contribution < 1.29 is 18.7 Å². The van der Waals surface area contributed by atoms with Crippen molar-refractivity contribution in [1.29, 1.82) is 0 Å². The van der Waals surface area contributed by atoms with Crippen LogP contribution in [-0.4, -0.2) is 40.7 Å². The number of carbonyl (C=O) groups excluding carboxylic acids is 2. The SMILES string of the molecule is CN1C(=O)CCOc2ccccc21.NC(=O)c1n[nH]c(Cc2ccc(F)cc2)n1. The molecule has 0 fully saturated rings. The van der Waals surface area contributed by atoms with Gasteiger partial charge in [0.25, 0.3) is 5.91 Å². The molecule has 150 valence electrons. The number of halogens is 1. The van der Waals surface area contributed by atoms with Crippen LogP contribution >= 0.6 is 0 Å². The average molecular weight is 397 g/mol. The Morgan fingerprint density at radius 3 is 2.66 bits per heavy atom. The van der Waals surface area contributed by atoms with E-state index in [0.717, 1.165) is 17.0 Å². The van der Waals surface area contributed by atoms with Crippen LogP contribution in [0.15, 0.2) is 48.5 Å². The van der Waals surface area contributed by atoms with Crippen molar-refractivity contribution in [2.75, 3.05) is 18.6 Å². The number of amides is 2. The van der Waals surface area contributed by atoms with Gasteiger partial charge in [0.15, 0.2) is 0 Å². The van der Waals surface area contributed by atoms with E-state index in [2.05, 4.69) is 15.2 Å². The molecule has 1 aliphatic heterocycles. The average Bonchev–Trinajstić information content (AvgIpc) is 3.13. The van der Waals surface area contributed by atoms with Gasteiger partial charge in [-0.1, -0.05) is 24.3 Å². The number of primary amides is 1. The zero-order valence-corrected chi connectivity index (χ0v) is 15.8. The van der Waals surface area contributed by atoms with Gasteiger partial charge in [-0.2, -0.15) is 0 Å². The Balaban J connectivity index is 0.000000169. The van der Waals surface area contributed by atoms with Crippen LogP contribution in [0.1, 0.15) is 28.4 Å². The fourth-order valence-corrected chi connectivity index (χ4v) is 2.69. The zero-order chi connectivity index (χ0) is 20.8. The summed E-state index contributed by atoms with van der Waals surface area (Å²) in [7, 11) is 1.77. The number of nitrogens with two attached hydrogens (primary N) is 1.